The van der Waals surface area contributed by atoms with Gasteiger partial charge in [0, 0.05) is 19.2 Å². The molecule has 0 bridgehead atoms. The van der Waals surface area contributed by atoms with Gasteiger partial charge in [0.25, 0.3) is 0 Å². The lowest BCUT2D eigenvalue weighted by molar-refractivity contribution is 0.171. The number of rotatable bonds is 4. The van der Waals surface area contributed by atoms with E-state index in [1.54, 1.807) is 13.0 Å². The molecule has 0 amide bonds. The van der Waals surface area contributed by atoms with Gasteiger partial charge in [-0.2, -0.15) is 4.31 Å². The molecular weight excluding hydrogens is 270 g/mol. The number of aliphatic hydroxyl groups is 1. The van der Waals surface area contributed by atoms with Gasteiger partial charge in [0.05, 0.1) is 11.5 Å². The Hall–Kier alpha value is -1.31. The first-order valence-electron chi connectivity index (χ1n) is 5.95. The highest BCUT2D eigenvalue weighted by molar-refractivity contribution is 7.89. The fraction of sp³-hybridized carbons (Fsp3) is 0.500. The molecule has 0 saturated heterocycles. The molecule has 0 aromatic heterocycles. The molecule has 1 atom stereocenters. The van der Waals surface area contributed by atoms with Gasteiger partial charge in [-0.25, -0.2) is 8.42 Å². The van der Waals surface area contributed by atoms with E-state index < -0.39 is 16.1 Å². The van der Waals surface area contributed by atoms with E-state index in [2.05, 4.69) is 0 Å². The first-order valence-corrected chi connectivity index (χ1v) is 7.39. The summed E-state index contributed by atoms with van der Waals surface area (Å²) < 4.78 is 36.5. The molecular formula is C12H17NO5S. The number of sulfonamides is 1. The van der Waals surface area contributed by atoms with Gasteiger partial charge in [-0.15, -0.1) is 0 Å². The number of fused-ring (bicyclic) bond motifs is 1. The molecule has 1 N–H and O–H groups in total. The summed E-state index contributed by atoms with van der Waals surface area (Å²) in [4.78, 5) is 0.125. The average molecular weight is 287 g/mol. The number of benzene rings is 1. The molecule has 1 aliphatic heterocycles. The molecule has 1 aromatic carbocycles. The molecule has 1 aromatic rings. The van der Waals surface area contributed by atoms with E-state index in [4.69, 9.17) is 14.6 Å². The molecule has 0 spiro atoms. The van der Waals surface area contributed by atoms with Crippen LogP contribution in [0.5, 0.6) is 11.5 Å². The second-order valence-corrected chi connectivity index (χ2v) is 6.36. The monoisotopic (exact) mass is 287 g/mol. The minimum Gasteiger partial charge on any atom is -0.486 e. The summed E-state index contributed by atoms with van der Waals surface area (Å²) in [5, 5.41) is 9.06. The van der Waals surface area contributed by atoms with E-state index in [0.717, 1.165) is 4.31 Å². The van der Waals surface area contributed by atoms with E-state index >= 15 is 0 Å². The molecule has 19 heavy (non-hydrogen) atoms. The number of aliphatic hydroxyl groups excluding tert-OH is 1. The third kappa shape index (κ3) is 2.68. The Morgan fingerprint density at radius 2 is 1.95 bits per heavy atom. The van der Waals surface area contributed by atoms with Crippen molar-refractivity contribution < 1.29 is 23.0 Å². The predicted octanol–water partition coefficient (Wildman–Crippen LogP) is 0.459. The van der Waals surface area contributed by atoms with Crippen molar-refractivity contribution >= 4 is 10.0 Å². The Morgan fingerprint density at radius 1 is 1.32 bits per heavy atom. The van der Waals surface area contributed by atoms with Crippen molar-refractivity contribution in [3.05, 3.63) is 18.2 Å². The zero-order chi connectivity index (χ0) is 14.0. The molecule has 6 nitrogen and oxygen atoms in total. The van der Waals surface area contributed by atoms with E-state index in [9.17, 15) is 8.42 Å². The Bertz CT molecular complexity index is 557. The lowest BCUT2D eigenvalue weighted by Gasteiger charge is -2.24. The average Bonchev–Trinajstić information content (AvgIpc) is 2.45. The molecule has 0 saturated carbocycles. The Kier molecular flexibility index (Phi) is 3.98. The molecule has 1 unspecified atom stereocenters. The van der Waals surface area contributed by atoms with Crippen molar-refractivity contribution in [3.8, 4) is 11.5 Å². The normalized spacial score (nSPS) is 16.4. The molecule has 2 rings (SSSR count). The minimum absolute atomic E-state index is 0.125. The van der Waals surface area contributed by atoms with Gasteiger partial charge in [0.1, 0.15) is 13.2 Å². The van der Waals surface area contributed by atoms with Crippen LogP contribution < -0.4 is 9.47 Å². The van der Waals surface area contributed by atoms with Crippen molar-refractivity contribution in [2.45, 2.75) is 17.9 Å². The molecule has 1 heterocycles. The topological polar surface area (TPSA) is 76.1 Å². The van der Waals surface area contributed by atoms with Gasteiger partial charge < -0.3 is 14.6 Å². The first kappa shape index (κ1) is 14.1. The van der Waals surface area contributed by atoms with Crippen LogP contribution in [0.1, 0.15) is 6.92 Å². The van der Waals surface area contributed by atoms with Crippen LogP contribution in [0.3, 0.4) is 0 Å². The second-order valence-electron chi connectivity index (χ2n) is 4.36. The Morgan fingerprint density at radius 3 is 2.58 bits per heavy atom. The molecule has 0 aliphatic carbocycles. The minimum atomic E-state index is -3.65. The van der Waals surface area contributed by atoms with Crippen LogP contribution in [0.25, 0.3) is 0 Å². The van der Waals surface area contributed by atoms with Crippen molar-refractivity contribution in [3.63, 3.8) is 0 Å². The lowest BCUT2D eigenvalue weighted by Crippen LogP contribution is -2.37. The van der Waals surface area contributed by atoms with Crippen molar-refractivity contribution in [2.75, 3.05) is 26.9 Å². The molecule has 0 fully saturated rings. The highest BCUT2D eigenvalue weighted by Gasteiger charge is 2.26. The summed E-state index contributed by atoms with van der Waals surface area (Å²) in [6.45, 7) is 2.26. The number of hydrogen-bond acceptors (Lipinski definition) is 5. The highest BCUT2D eigenvalue weighted by atomic mass is 32.2. The SMILES string of the molecule is CC(CO)N(C)S(=O)(=O)c1ccc2c(c1)OCCO2. The van der Waals surface area contributed by atoms with Crippen LogP contribution in [0, 0.1) is 0 Å². The van der Waals surface area contributed by atoms with Gasteiger partial charge in [0.2, 0.25) is 10.0 Å². The Labute approximate surface area is 112 Å². The summed E-state index contributed by atoms with van der Waals surface area (Å²) >= 11 is 0. The predicted molar refractivity (Wildman–Crippen MR) is 68.9 cm³/mol. The molecule has 106 valence electrons. The number of likely N-dealkylation sites (N-methyl/N-ethyl adjacent to an activating group) is 1. The Balaban J connectivity index is 2.36. The van der Waals surface area contributed by atoms with Crippen molar-refractivity contribution in [2.24, 2.45) is 0 Å². The lowest BCUT2D eigenvalue weighted by atomic mass is 10.3. The van der Waals surface area contributed by atoms with Gasteiger partial charge in [-0.05, 0) is 19.1 Å². The van der Waals surface area contributed by atoms with Crippen molar-refractivity contribution in [1.29, 1.82) is 0 Å². The van der Waals surface area contributed by atoms with Gasteiger partial charge in [-0.3, -0.25) is 0 Å². The van der Waals surface area contributed by atoms with E-state index in [1.807, 2.05) is 0 Å². The zero-order valence-electron chi connectivity index (χ0n) is 10.9. The summed E-state index contributed by atoms with van der Waals surface area (Å²) in [5.41, 5.74) is 0. The number of nitrogens with zero attached hydrogens (tertiary/aromatic N) is 1. The van der Waals surface area contributed by atoms with Crippen LogP contribution in [-0.4, -0.2) is 50.7 Å². The summed E-state index contributed by atoms with van der Waals surface area (Å²) in [7, 11) is -2.21. The zero-order valence-corrected chi connectivity index (χ0v) is 11.7. The smallest absolute Gasteiger partial charge is 0.243 e. The highest BCUT2D eigenvalue weighted by Crippen LogP contribution is 2.33. The first-order chi connectivity index (χ1) is 8.96. The van der Waals surface area contributed by atoms with Crippen LogP contribution >= 0.6 is 0 Å². The van der Waals surface area contributed by atoms with Crippen LogP contribution in [0.15, 0.2) is 23.1 Å². The molecule has 7 heteroatoms. The maximum absolute atomic E-state index is 12.3. The third-order valence-electron chi connectivity index (χ3n) is 3.08. The van der Waals surface area contributed by atoms with Gasteiger partial charge in [-0.1, -0.05) is 0 Å². The van der Waals surface area contributed by atoms with Gasteiger partial charge in [0.15, 0.2) is 11.5 Å². The second kappa shape index (κ2) is 5.36. The third-order valence-corrected chi connectivity index (χ3v) is 5.04. The maximum atomic E-state index is 12.3. The van der Waals surface area contributed by atoms with E-state index in [1.165, 1.54) is 19.2 Å². The summed E-state index contributed by atoms with van der Waals surface area (Å²) in [6, 6.07) is 4.02. The standard InChI is InChI=1S/C12H17NO5S/c1-9(8-14)13(2)19(15,16)10-3-4-11-12(7-10)18-6-5-17-11/h3-4,7,9,14H,5-6,8H2,1-2H3. The quantitative estimate of drug-likeness (QED) is 0.870. The van der Waals surface area contributed by atoms with Crippen molar-refractivity contribution in [1.82, 2.24) is 4.31 Å². The molecule has 0 radical (unpaired) electrons. The van der Waals surface area contributed by atoms with Gasteiger partial charge >= 0.3 is 0 Å². The summed E-state index contributed by atoms with van der Waals surface area (Å²) in [6.07, 6.45) is 0. The largest absolute Gasteiger partial charge is 0.486 e. The van der Waals surface area contributed by atoms with E-state index in [0.29, 0.717) is 24.7 Å². The van der Waals surface area contributed by atoms with Crippen LogP contribution in [0.4, 0.5) is 0 Å². The van der Waals surface area contributed by atoms with Crippen LogP contribution in [0.2, 0.25) is 0 Å². The number of hydrogen-bond donors (Lipinski definition) is 1. The number of ether oxygens (including phenoxy) is 2. The molecule has 1 aliphatic rings. The summed E-state index contributed by atoms with van der Waals surface area (Å²) in [5.74, 6) is 0.973. The fourth-order valence-corrected chi connectivity index (χ4v) is 3.07. The van der Waals surface area contributed by atoms with Crippen LogP contribution in [-0.2, 0) is 10.0 Å². The maximum Gasteiger partial charge on any atom is 0.243 e. The van der Waals surface area contributed by atoms with E-state index in [-0.39, 0.29) is 11.5 Å². The fourth-order valence-electron chi connectivity index (χ4n) is 1.70.